The molecular weight excluding hydrogens is 226 g/mol. The Kier molecular flexibility index (Phi) is 8.36. The van der Waals surface area contributed by atoms with E-state index >= 15 is 0 Å². The van der Waals surface area contributed by atoms with E-state index in [1.165, 1.54) is 6.92 Å². The molecule has 6 nitrogen and oxygen atoms in total. The Balaban J connectivity index is 0.00000121. The minimum absolute atomic E-state index is 0.139. The zero-order chi connectivity index (χ0) is 13.1. The van der Waals surface area contributed by atoms with Crippen molar-refractivity contribution in [2.24, 2.45) is 0 Å². The molecule has 1 amide bonds. The number of ether oxygens (including phenoxy) is 1. The van der Waals surface area contributed by atoms with E-state index < -0.39 is 0 Å². The molecule has 0 radical (unpaired) electrons. The van der Waals surface area contributed by atoms with Crippen LogP contribution in [0.15, 0.2) is 24.3 Å². The maximum absolute atomic E-state index is 10.5. The van der Waals surface area contributed by atoms with E-state index in [2.05, 4.69) is 16.9 Å². The fourth-order valence-corrected chi connectivity index (χ4v) is 0.977. The van der Waals surface area contributed by atoms with E-state index in [4.69, 9.17) is 14.6 Å². The second-order valence-electron chi connectivity index (χ2n) is 2.94. The third kappa shape index (κ3) is 7.10. The zero-order valence-corrected chi connectivity index (χ0v) is 9.30. The molecule has 92 valence electrons. The van der Waals surface area contributed by atoms with Crippen molar-refractivity contribution in [3.63, 3.8) is 0 Å². The molecule has 0 saturated carbocycles. The summed E-state index contributed by atoms with van der Waals surface area (Å²) in [4.78, 5) is 14.5. The molecule has 0 aliphatic rings. The van der Waals surface area contributed by atoms with E-state index in [-0.39, 0.29) is 19.2 Å². The fraction of sp³-hybridized carbons (Fsp3) is 0.273. The second kappa shape index (κ2) is 9.38. The summed E-state index contributed by atoms with van der Waals surface area (Å²) in [5.74, 6) is 0.505. The molecule has 0 atom stereocenters. The molecule has 1 rings (SSSR count). The van der Waals surface area contributed by atoms with Crippen molar-refractivity contribution in [1.29, 1.82) is 0 Å². The molecule has 17 heavy (non-hydrogen) atoms. The van der Waals surface area contributed by atoms with Gasteiger partial charge in [0.1, 0.15) is 12.4 Å². The summed E-state index contributed by atoms with van der Waals surface area (Å²) >= 11 is 0. The molecule has 1 aromatic rings. The van der Waals surface area contributed by atoms with Gasteiger partial charge >= 0.3 is 11.3 Å². The van der Waals surface area contributed by atoms with Gasteiger partial charge in [-0.05, 0) is 17.7 Å². The van der Waals surface area contributed by atoms with Crippen molar-refractivity contribution in [1.82, 2.24) is 5.32 Å². The molecule has 0 fully saturated rings. The van der Waals surface area contributed by atoms with Gasteiger partial charge in [0.2, 0.25) is 5.91 Å². The van der Waals surface area contributed by atoms with Gasteiger partial charge in [0.05, 0.1) is 0 Å². The van der Waals surface area contributed by atoms with Gasteiger partial charge in [-0.25, -0.2) is 4.89 Å². The van der Waals surface area contributed by atoms with E-state index in [0.717, 1.165) is 5.56 Å². The normalized spacial score (nSPS) is 8.71. The predicted molar refractivity (Wildman–Crippen MR) is 57.1 cm³/mol. The van der Waals surface area contributed by atoms with Crippen LogP contribution in [0.3, 0.4) is 0 Å². The molecule has 0 saturated heterocycles. The van der Waals surface area contributed by atoms with E-state index in [9.17, 15) is 4.79 Å². The Labute approximate surface area is 98.8 Å². The Morgan fingerprint density at radius 3 is 2.47 bits per heavy atom. The average molecular weight is 239 g/mol. The van der Waals surface area contributed by atoms with Crippen molar-refractivity contribution in [2.75, 3.05) is 6.73 Å². The third-order valence-corrected chi connectivity index (χ3v) is 1.71. The molecule has 6 heteroatoms. The van der Waals surface area contributed by atoms with Crippen molar-refractivity contribution < 1.29 is 24.3 Å². The van der Waals surface area contributed by atoms with Gasteiger partial charge in [-0.3, -0.25) is 10.1 Å². The summed E-state index contributed by atoms with van der Waals surface area (Å²) in [5.41, 5.74) is 0.837. The Bertz CT molecular complexity index is 347. The van der Waals surface area contributed by atoms with Crippen LogP contribution in [0.4, 0.5) is 0 Å². The second-order valence-corrected chi connectivity index (χ2v) is 2.94. The summed E-state index contributed by atoms with van der Waals surface area (Å²) in [6.45, 7) is 6.21. The molecule has 0 aromatic heterocycles. The van der Waals surface area contributed by atoms with Crippen LogP contribution in [0.5, 0.6) is 5.75 Å². The van der Waals surface area contributed by atoms with Crippen molar-refractivity contribution >= 4 is 5.91 Å². The van der Waals surface area contributed by atoms with E-state index in [0.29, 0.717) is 5.75 Å². The van der Waals surface area contributed by atoms with Crippen LogP contribution in [0.25, 0.3) is 0 Å². The number of hydrogen-bond acceptors (Lipinski definition) is 4. The standard InChI is InChI=1S/C10H13NO4.CO/c1-8(12)11-7-14-10-4-2-9(3-5-10)6-15-13;1-2/h2-5,13H,6-7H2,1H3,(H,11,12);. The third-order valence-electron chi connectivity index (χ3n) is 1.71. The molecule has 0 bridgehead atoms. The molecular formula is C11H13NO5. The number of nitrogens with one attached hydrogen (secondary N) is 1. The predicted octanol–water partition coefficient (Wildman–Crippen LogP) is 1.11. The number of carbonyl (C=O) groups excluding carboxylic acids is 1. The maximum atomic E-state index is 10.5. The van der Waals surface area contributed by atoms with Crippen molar-refractivity contribution in [3.8, 4) is 5.75 Å². The van der Waals surface area contributed by atoms with Crippen molar-refractivity contribution in [3.05, 3.63) is 36.5 Å². The molecule has 0 aliphatic carbocycles. The van der Waals surface area contributed by atoms with E-state index in [1.54, 1.807) is 24.3 Å². The first kappa shape index (κ1) is 15.2. The Hall–Kier alpha value is -1.85. The van der Waals surface area contributed by atoms with Gasteiger partial charge < -0.3 is 10.1 Å². The number of hydrogen-bond donors (Lipinski definition) is 2. The van der Waals surface area contributed by atoms with Gasteiger partial charge in [0.25, 0.3) is 0 Å². The fourth-order valence-electron chi connectivity index (χ4n) is 0.977. The Morgan fingerprint density at radius 2 is 2.00 bits per heavy atom. The monoisotopic (exact) mass is 239 g/mol. The van der Waals surface area contributed by atoms with Crippen LogP contribution >= 0.6 is 0 Å². The summed E-state index contributed by atoms with van der Waals surface area (Å²) < 4.78 is 12.7. The first-order valence-corrected chi connectivity index (χ1v) is 4.65. The Morgan fingerprint density at radius 1 is 1.41 bits per heavy atom. The number of amides is 1. The van der Waals surface area contributed by atoms with Crippen LogP contribution in [-0.4, -0.2) is 17.9 Å². The van der Waals surface area contributed by atoms with Gasteiger partial charge in [0, 0.05) is 6.92 Å². The van der Waals surface area contributed by atoms with Crippen molar-refractivity contribution in [2.45, 2.75) is 13.5 Å². The first-order valence-electron chi connectivity index (χ1n) is 4.65. The average Bonchev–Trinajstić information content (AvgIpc) is 2.34. The summed E-state index contributed by atoms with van der Waals surface area (Å²) in [5, 5.41) is 10.7. The summed E-state index contributed by atoms with van der Waals surface area (Å²) in [7, 11) is 0. The van der Waals surface area contributed by atoms with Crippen LogP contribution in [-0.2, 0) is 20.9 Å². The van der Waals surface area contributed by atoms with Crippen LogP contribution in [0.1, 0.15) is 12.5 Å². The van der Waals surface area contributed by atoms with Gasteiger partial charge in [-0.1, -0.05) is 12.1 Å². The summed E-state index contributed by atoms with van der Waals surface area (Å²) in [6, 6.07) is 6.99. The SMILES string of the molecule is CC(=O)NCOc1ccc(COO)cc1.[C-]#[O+]. The zero-order valence-electron chi connectivity index (χ0n) is 9.30. The minimum atomic E-state index is -0.139. The van der Waals surface area contributed by atoms with Gasteiger partial charge in [-0.15, -0.1) is 0 Å². The number of rotatable bonds is 5. The number of carbonyl (C=O) groups is 1. The molecule has 1 aromatic carbocycles. The molecule has 0 spiro atoms. The van der Waals surface area contributed by atoms with Gasteiger partial charge in [-0.2, -0.15) is 0 Å². The topological polar surface area (TPSA) is 87.7 Å². The molecule has 0 heterocycles. The first-order chi connectivity index (χ1) is 8.22. The van der Waals surface area contributed by atoms with Gasteiger partial charge in [0.15, 0.2) is 6.73 Å². The van der Waals surface area contributed by atoms with Crippen LogP contribution < -0.4 is 10.1 Å². The van der Waals surface area contributed by atoms with E-state index in [1.807, 2.05) is 0 Å². The van der Waals surface area contributed by atoms with Crippen LogP contribution in [0, 0.1) is 6.65 Å². The summed E-state index contributed by atoms with van der Waals surface area (Å²) in [6.07, 6.45) is 0. The van der Waals surface area contributed by atoms with Crippen LogP contribution in [0.2, 0.25) is 0 Å². The molecule has 0 aliphatic heterocycles. The molecule has 2 N–H and O–H groups in total. The molecule has 0 unspecified atom stereocenters. The number of benzene rings is 1. The quantitative estimate of drug-likeness (QED) is 0.265.